The lowest BCUT2D eigenvalue weighted by Crippen LogP contribution is -2.55. The molecule has 2 unspecified atom stereocenters. The topological polar surface area (TPSA) is 89.8 Å². The van der Waals surface area contributed by atoms with Crippen LogP contribution in [0.2, 0.25) is 0 Å². The first-order chi connectivity index (χ1) is 15.1. The van der Waals surface area contributed by atoms with Crippen molar-refractivity contribution in [3.8, 4) is 0 Å². The lowest BCUT2D eigenvalue weighted by molar-refractivity contribution is -0.137. The summed E-state index contributed by atoms with van der Waals surface area (Å²) < 4.78 is 70.4. The molecule has 1 aliphatic heterocycles. The maximum atomic E-state index is 13.1. The first-order valence-electron chi connectivity index (χ1n) is 10.5. The number of halogens is 5. The predicted molar refractivity (Wildman–Crippen MR) is 110 cm³/mol. The zero-order chi connectivity index (χ0) is 23.2. The van der Waals surface area contributed by atoms with Gasteiger partial charge in [-0.2, -0.15) is 13.2 Å². The predicted octanol–water partition coefficient (Wildman–Crippen LogP) is 3.04. The number of fused-ring (bicyclic) bond motifs is 1. The molecule has 3 aliphatic rings. The maximum absolute atomic E-state index is 13.1. The minimum atomic E-state index is -4.68. The van der Waals surface area contributed by atoms with Gasteiger partial charge in [-0.1, -0.05) is 0 Å². The van der Waals surface area contributed by atoms with Crippen LogP contribution in [0.3, 0.4) is 0 Å². The van der Waals surface area contributed by atoms with Crippen molar-refractivity contribution in [1.82, 2.24) is 9.88 Å². The number of hydrogen-bond acceptors (Lipinski definition) is 6. The van der Waals surface area contributed by atoms with E-state index < -0.39 is 30.5 Å². The molecule has 4 atom stereocenters. The van der Waals surface area contributed by atoms with E-state index in [0.717, 1.165) is 38.2 Å². The van der Waals surface area contributed by atoms with Crippen LogP contribution in [-0.2, 0) is 10.9 Å². The van der Waals surface area contributed by atoms with E-state index >= 15 is 0 Å². The molecular formula is C21H26F5N5O. The number of aromatic nitrogens is 1. The summed E-state index contributed by atoms with van der Waals surface area (Å²) in [6.45, 7) is 1.13. The lowest BCUT2D eigenvalue weighted by atomic mass is 9.98. The van der Waals surface area contributed by atoms with Crippen LogP contribution in [0.4, 0.5) is 27.8 Å². The largest absolute Gasteiger partial charge is 0.419 e. The van der Waals surface area contributed by atoms with Gasteiger partial charge in [0.1, 0.15) is 12.4 Å². The third kappa shape index (κ3) is 4.59. The number of aliphatic imine (C=N–C) groups is 1. The van der Waals surface area contributed by atoms with Crippen molar-refractivity contribution in [2.24, 2.45) is 28.5 Å². The van der Waals surface area contributed by atoms with Gasteiger partial charge in [0.2, 0.25) is 0 Å². The van der Waals surface area contributed by atoms with Gasteiger partial charge in [0.15, 0.2) is 0 Å². The molecule has 32 heavy (non-hydrogen) atoms. The van der Waals surface area contributed by atoms with E-state index in [4.69, 9.17) is 16.2 Å². The van der Waals surface area contributed by atoms with Crippen LogP contribution in [0.5, 0.6) is 0 Å². The van der Waals surface area contributed by atoms with Gasteiger partial charge in [-0.05, 0) is 36.8 Å². The minimum absolute atomic E-state index is 0.00752. The van der Waals surface area contributed by atoms with Crippen LogP contribution in [-0.4, -0.2) is 60.9 Å². The molecule has 1 aromatic rings. The average Bonchev–Trinajstić information content (AvgIpc) is 3.16. The van der Waals surface area contributed by atoms with E-state index in [1.54, 1.807) is 7.11 Å². The van der Waals surface area contributed by atoms with Crippen molar-refractivity contribution in [2.75, 3.05) is 32.5 Å². The highest BCUT2D eigenvalue weighted by Crippen LogP contribution is 2.59. The third-order valence-electron chi connectivity index (χ3n) is 6.76. The zero-order valence-electron chi connectivity index (χ0n) is 17.5. The molecule has 176 valence electrons. The average molecular weight is 459 g/mol. The van der Waals surface area contributed by atoms with Crippen LogP contribution in [0.15, 0.2) is 23.3 Å². The molecule has 4 N–H and O–H groups in total. The Kier molecular flexibility index (Phi) is 6.15. The first kappa shape index (κ1) is 22.9. The van der Waals surface area contributed by atoms with Crippen molar-refractivity contribution >= 4 is 17.2 Å². The number of alkyl halides is 5. The quantitative estimate of drug-likeness (QED) is 0.483. The fraction of sp³-hybridized carbons (Fsp3) is 0.619. The van der Waals surface area contributed by atoms with Crippen molar-refractivity contribution in [3.05, 3.63) is 29.5 Å². The summed E-state index contributed by atoms with van der Waals surface area (Å²) in [7, 11) is 1.70. The number of pyridine rings is 1. The molecule has 0 radical (unpaired) electrons. The van der Waals surface area contributed by atoms with Gasteiger partial charge in [-0.15, -0.1) is 0 Å². The van der Waals surface area contributed by atoms with Crippen LogP contribution >= 0.6 is 0 Å². The fourth-order valence-electron chi connectivity index (χ4n) is 4.99. The van der Waals surface area contributed by atoms with E-state index in [1.807, 2.05) is 0 Å². The monoisotopic (exact) mass is 459 g/mol. The molecule has 0 bridgehead atoms. The minimum Gasteiger partial charge on any atom is -0.398 e. The summed E-state index contributed by atoms with van der Waals surface area (Å²) in [5, 5.41) is 0. The number of likely N-dealkylation sites (tertiary alicyclic amines) is 1. The Bertz CT molecular complexity index is 900. The standard InChI is InChI=1S/C21H26F5N5O/c1-32-12-8-31(9-12)11-3-13-14(4-11)19(13)17(29-7-18(22)23)5-16(27)10-2-15(21(24,25)26)20(28)30-6-10/h2,5-6,11-14,18-19H,3-4,7-9,27H2,1H3,(H2,28,30)/t11?,13-,14+,19?. The number of hydrogen-bond donors (Lipinski definition) is 2. The smallest absolute Gasteiger partial charge is 0.398 e. The van der Waals surface area contributed by atoms with Gasteiger partial charge >= 0.3 is 6.18 Å². The highest BCUT2D eigenvalue weighted by molar-refractivity contribution is 6.04. The summed E-state index contributed by atoms with van der Waals surface area (Å²) in [4.78, 5) is 10.0. The Morgan fingerprint density at radius 1 is 1.31 bits per heavy atom. The molecule has 1 aromatic heterocycles. The normalized spacial score (nSPS) is 29.3. The Balaban J connectivity index is 1.49. The summed E-state index contributed by atoms with van der Waals surface area (Å²) >= 11 is 0. The van der Waals surface area contributed by atoms with Crippen molar-refractivity contribution < 1.29 is 26.7 Å². The SMILES string of the molecule is COC1CN(C2C[C@@H]3C(C(C=C(N)c4cnc(N)c(C(F)(F)F)c4)=NCC(F)F)[C@@H]3C2)C1. The maximum Gasteiger partial charge on any atom is 0.419 e. The molecule has 1 saturated heterocycles. The number of nitrogen functional groups attached to an aromatic ring is 1. The Hall–Kier alpha value is -2.27. The number of nitrogens with two attached hydrogens (primary N) is 2. The second-order valence-corrected chi connectivity index (χ2v) is 8.70. The van der Waals surface area contributed by atoms with E-state index in [0.29, 0.717) is 23.6 Å². The molecule has 4 rings (SSSR count). The Labute approximate surface area is 182 Å². The zero-order valence-corrected chi connectivity index (χ0v) is 17.5. The van der Waals surface area contributed by atoms with Gasteiger partial charge in [0.05, 0.1) is 11.7 Å². The molecule has 0 amide bonds. The number of anilines is 1. The third-order valence-corrected chi connectivity index (χ3v) is 6.76. The summed E-state index contributed by atoms with van der Waals surface area (Å²) in [6.07, 6.45) is -2.60. The molecule has 3 fully saturated rings. The summed E-state index contributed by atoms with van der Waals surface area (Å²) in [5.41, 5.74) is 10.7. The number of rotatable bonds is 7. The molecule has 2 heterocycles. The Morgan fingerprint density at radius 3 is 2.53 bits per heavy atom. The van der Waals surface area contributed by atoms with Crippen molar-refractivity contribution in [2.45, 2.75) is 37.6 Å². The number of allylic oxidation sites excluding steroid dienone is 1. The van der Waals surface area contributed by atoms with E-state index in [-0.39, 0.29) is 23.3 Å². The molecular weight excluding hydrogens is 433 g/mol. The second-order valence-electron chi connectivity index (χ2n) is 8.70. The summed E-state index contributed by atoms with van der Waals surface area (Å²) in [6, 6.07) is 1.26. The molecule has 0 aromatic carbocycles. The van der Waals surface area contributed by atoms with Crippen LogP contribution in [0, 0.1) is 17.8 Å². The van der Waals surface area contributed by atoms with Gasteiger partial charge in [-0.25, -0.2) is 13.8 Å². The Morgan fingerprint density at radius 2 is 1.97 bits per heavy atom. The highest BCUT2D eigenvalue weighted by Gasteiger charge is 2.59. The van der Waals surface area contributed by atoms with Crippen molar-refractivity contribution in [1.29, 1.82) is 0 Å². The van der Waals surface area contributed by atoms with Crippen LogP contribution in [0.1, 0.15) is 24.0 Å². The molecule has 0 spiro atoms. The van der Waals surface area contributed by atoms with Gasteiger partial charge < -0.3 is 16.2 Å². The molecule has 2 saturated carbocycles. The fourth-order valence-corrected chi connectivity index (χ4v) is 4.99. The molecule has 2 aliphatic carbocycles. The first-order valence-corrected chi connectivity index (χ1v) is 10.5. The van der Waals surface area contributed by atoms with Crippen LogP contribution in [0.25, 0.3) is 5.70 Å². The van der Waals surface area contributed by atoms with Crippen molar-refractivity contribution in [3.63, 3.8) is 0 Å². The van der Waals surface area contributed by atoms with Gasteiger partial charge in [-0.3, -0.25) is 9.89 Å². The molecule has 11 heteroatoms. The summed E-state index contributed by atoms with van der Waals surface area (Å²) in [5.74, 6) is -0.0216. The number of nitrogens with zero attached hydrogens (tertiary/aromatic N) is 3. The number of methoxy groups -OCH3 is 1. The molecule has 6 nitrogen and oxygen atoms in total. The second kappa shape index (κ2) is 8.58. The van der Waals surface area contributed by atoms with Gasteiger partial charge in [0, 0.05) is 55.3 Å². The van der Waals surface area contributed by atoms with E-state index in [2.05, 4.69) is 14.9 Å². The van der Waals surface area contributed by atoms with Crippen LogP contribution < -0.4 is 11.5 Å². The van der Waals surface area contributed by atoms with Gasteiger partial charge in [0.25, 0.3) is 6.43 Å². The van der Waals surface area contributed by atoms with E-state index in [1.165, 1.54) is 6.08 Å². The highest BCUT2D eigenvalue weighted by atomic mass is 19.4. The lowest BCUT2D eigenvalue weighted by Gasteiger charge is -2.43. The number of ether oxygens (including phenoxy) is 1. The van der Waals surface area contributed by atoms with E-state index in [9.17, 15) is 22.0 Å².